The molecule has 0 aliphatic carbocycles. The van der Waals surface area contributed by atoms with Crippen molar-refractivity contribution in [1.82, 2.24) is 0 Å². The molecule has 0 fully saturated rings. The van der Waals surface area contributed by atoms with Gasteiger partial charge in [0.25, 0.3) is 0 Å². The molecule has 0 saturated carbocycles. The van der Waals surface area contributed by atoms with E-state index >= 15 is 0 Å². The topological polar surface area (TPSA) is 3.24 Å². The molecule has 1 nitrogen and oxygen atoms in total. The maximum absolute atomic E-state index is 2.55. The third kappa shape index (κ3) is 4.19. The fourth-order valence-corrected chi connectivity index (χ4v) is 7.63. The Labute approximate surface area is 265 Å². The number of anilines is 3. The van der Waals surface area contributed by atoms with Gasteiger partial charge in [-0.3, -0.25) is 0 Å². The predicted octanol–water partition coefficient (Wildman–Crippen LogP) is 6.15. The van der Waals surface area contributed by atoms with Crippen LogP contribution in [0.15, 0.2) is 176 Å². The van der Waals surface area contributed by atoms with E-state index in [4.69, 9.17) is 0 Å². The average Bonchev–Trinajstić information content (AvgIpc) is 3.12. The van der Waals surface area contributed by atoms with Crippen molar-refractivity contribution in [1.29, 1.82) is 0 Å². The lowest BCUT2D eigenvalue weighted by Gasteiger charge is -2.44. The fourth-order valence-electron chi connectivity index (χ4n) is 7.63. The van der Waals surface area contributed by atoms with E-state index in [2.05, 4.69) is 181 Å². The van der Waals surface area contributed by atoms with E-state index in [9.17, 15) is 0 Å². The van der Waals surface area contributed by atoms with E-state index in [1.54, 1.807) is 0 Å². The van der Waals surface area contributed by atoms with E-state index in [1.807, 2.05) is 0 Å². The lowest BCUT2D eigenvalue weighted by molar-refractivity contribution is 1.30. The third-order valence-electron chi connectivity index (χ3n) is 9.56. The number of nitrogens with zero attached hydrogens (tertiary/aromatic N) is 1. The van der Waals surface area contributed by atoms with Crippen LogP contribution in [0, 0.1) is 0 Å². The van der Waals surface area contributed by atoms with Gasteiger partial charge in [0.1, 0.15) is 0 Å². The fraction of sp³-hybridized carbons (Fsp3) is 0. The minimum absolute atomic E-state index is 0.0835. The molecule has 0 unspecified atom stereocenters. The lowest BCUT2D eigenvalue weighted by atomic mass is 9.30. The Kier molecular flexibility index (Phi) is 6.09. The highest BCUT2D eigenvalue weighted by atomic mass is 15.2. The highest BCUT2D eigenvalue weighted by molar-refractivity contribution is 7.02. The van der Waals surface area contributed by atoms with Gasteiger partial charge in [-0.1, -0.05) is 175 Å². The molecule has 0 bridgehead atoms. The number of fused-ring (bicyclic) bond motifs is 4. The number of benzene rings is 7. The molecule has 0 radical (unpaired) electrons. The van der Waals surface area contributed by atoms with Crippen LogP contribution in [-0.4, -0.2) is 13.4 Å². The van der Waals surface area contributed by atoms with Crippen LogP contribution >= 0.6 is 0 Å². The third-order valence-corrected chi connectivity index (χ3v) is 9.56. The molecule has 0 N–H and O–H groups in total. The molecule has 9 rings (SSSR count). The minimum atomic E-state index is 0.0835. The summed E-state index contributed by atoms with van der Waals surface area (Å²) in [7, 11) is 0. The van der Waals surface area contributed by atoms with Crippen LogP contribution < -0.4 is 37.7 Å². The van der Waals surface area contributed by atoms with Crippen molar-refractivity contribution in [3.05, 3.63) is 176 Å². The molecule has 0 aromatic heterocycles. The minimum Gasteiger partial charge on any atom is -0.313 e. The van der Waals surface area contributed by atoms with Gasteiger partial charge in [-0.2, -0.15) is 0 Å². The summed E-state index contributed by atoms with van der Waals surface area (Å²) in [6.07, 6.45) is 0. The molecule has 0 atom stereocenters. The summed E-state index contributed by atoms with van der Waals surface area (Å²) in [4.78, 5) is 2.55. The second-order valence-corrected chi connectivity index (χ2v) is 12.1. The highest BCUT2D eigenvalue weighted by Gasteiger charge is 2.43. The largest absolute Gasteiger partial charge is 0.313 e. The summed E-state index contributed by atoms with van der Waals surface area (Å²) in [5, 5.41) is 0. The number of para-hydroxylation sites is 1. The van der Waals surface area contributed by atoms with E-state index in [0.29, 0.717) is 0 Å². The van der Waals surface area contributed by atoms with Crippen LogP contribution in [0.25, 0.3) is 22.3 Å². The first kappa shape index (κ1) is 25.9. The zero-order valence-corrected chi connectivity index (χ0v) is 24.8. The molecule has 3 heteroatoms. The van der Waals surface area contributed by atoms with Crippen molar-refractivity contribution in [3.8, 4) is 22.3 Å². The van der Waals surface area contributed by atoms with Crippen molar-refractivity contribution in [2.75, 3.05) is 4.90 Å². The maximum atomic E-state index is 2.55. The Morgan fingerprint density at radius 3 is 1.36 bits per heavy atom. The van der Waals surface area contributed by atoms with E-state index in [1.165, 1.54) is 72.1 Å². The van der Waals surface area contributed by atoms with Gasteiger partial charge in [-0.15, -0.1) is 0 Å². The summed E-state index contributed by atoms with van der Waals surface area (Å²) < 4.78 is 0. The van der Waals surface area contributed by atoms with Gasteiger partial charge < -0.3 is 4.90 Å². The summed E-state index contributed by atoms with van der Waals surface area (Å²) in [6, 6.07) is 64.8. The van der Waals surface area contributed by atoms with Crippen molar-refractivity contribution in [3.63, 3.8) is 0 Å². The number of rotatable bonds is 4. The monoisotopic (exact) mass is 569 g/mol. The SMILES string of the molecule is c1ccc(B2c3ccccc3N3c4ccc(-c5ccccc5)cc4B(c4ccccc4)c4cc(-c5ccccc5)cc2c43)cc1. The first-order chi connectivity index (χ1) is 22.3. The molecule has 45 heavy (non-hydrogen) atoms. The molecule has 0 saturated heterocycles. The first-order valence-electron chi connectivity index (χ1n) is 15.8. The predicted molar refractivity (Wildman–Crippen MR) is 194 cm³/mol. The standard InChI is InChI=1S/C42H29B2N/c1-5-15-30(16-6-1)32-25-26-41-37(27-32)44(35-21-11-4-12-22-35)39-29-33(31-17-7-2-8-18-31)28-38-42(39)45(41)40-24-14-13-23-36(40)43(38)34-19-9-3-10-20-34/h1-29H. The van der Waals surface area contributed by atoms with Gasteiger partial charge >= 0.3 is 0 Å². The molecule has 2 aliphatic rings. The van der Waals surface area contributed by atoms with Gasteiger partial charge in [0.15, 0.2) is 0 Å². The Bertz CT molecular complexity index is 2160. The Morgan fingerprint density at radius 2 is 0.756 bits per heavy atom. The molecule has 2 heterocycles. The summed E-state index contributed by atoms with van der Waals surface area (Å²) in [5.74, 6) is 0. The normalized spacial score (nSPS) is 12.8. The quantitative estimate of drug-likeness (QED) is 0.230. The van der Waals surface area contributed by atoms with Gasteiger partial charge in [-0.05, 0) is 56.2 Å². The second-order valence-electron chi connectivity index (χ2n) is 12.1. The molecule has 7 aromatic carbocycles. The molecular formula is C42H29B2N. The van der Waals surface area contributed by atoms with Crippen molar-refractivity contribution >= 4 is 63.3 Å². The van der Waals surface area contributed by atoms with Crippen LogP contribution in [0.3, 0.4) is 0 Å². The lowest BCUT2D eigenvalue weighted by Crippen LogP contribution is -2.65. The van der Waals surface area contributed by atoms with Crippen LogP contribution in [0.5, 0.6) is 0 Å². The molecular weight excluding hydrogens is 540 g/mol. The van der Waals surface area contributed by atoms with Gasteiger partial charge in [0.05, 0.1) is 0 Å². The second kappa shape index (κ2) is 10.6. The molecule has 7 aromatic rings. The smallest absolute Gasteiger partial charge is 0.246 e. The Balaban J connectivity index is 1.40. The van der Waals surface area contributed by atoms with E-state index < -0.39 is 0 Å². The molecule has 2 aliphatic heterocycles. The van der Waals surface area contributed by atoms with Crippen LogP contribution in [0.2, 0.25) is 0 Å². The summed E-state index contributed by atoms with van der Waals surface area (Å²) >= 11 is 0. The summed E-state index contributed by atoms with van der Waals surface area (Å²) in [5.41, 5.74) is 16.8. The first-order valence-corrected chi connectivity index (χ1v) is 15.8. The Morgan fingerprint density at radius 1 is 0.311 bits per heavy atom. The molecule has 0 spiro atoms. The zero-order chi connectivity index (χ0) is 29.7. The van der Waals surface area contributed by atoms with Crippen molar-refractivity contribution < 1.29 is 0 Å². The summed E-state index contributed by atoms with van der Waals surface area (Å²) in [6.45, 7) is 0.206. The number of hydrogen-bond donors (Lipinski definition) is 0. The molecule has 208 valence electrons. The van der Waals surface area contributed by atoms with Crippen LogP contribution in [0.4, 0.5) is 17.1 Å². The van der Waals surface area contributed by atoms with Crippen LogP contribution in [0.1, 0.15) is 0 Å². The zero-order valence-electron chi connectivity index (χ0n) is 24.8. The average molecular weight is 569 g/mol. The van der Waals surface area contributed by atoms with Crippen molar-refractivity contribution in [2.45, 2.75) is 0 Å². The maximum Gasteiger partial charge on any atom is 0.246 e. The number of hydrogen-bond acceptors (Lipinski definition) is 1. The van der Waals surface area contributed by atoms with Gasteiger partial charge in [-0.25, -0.2) is 0 Å². The van der Waals surface area contributed by atoms with E-state index in [0.717, 1.165) is 0 Å². The van der Waals surface area contributed by atoms with Gasteiger partial charge in [0, 0.05) is 17.1 Å². The van der Waals surface area contributed by atoms with Gasteiger partial charge in [0.2, 0.25) is 13.4 Å². The van der Waals surface area contributed by atoms with Crippen LogP contribution in [-0.2, 0) is 0 Å². The van der Waals surface area contributed by atoms with E-state index in [-0.39, 0.29) is 13.4 Å². The molecule has 0 amide bonds. The van der Waals surface area contributed by atoms with Crippen molar-refractivity contribution in [2.24, 2.45) is 0 Å². The highest BCUT2D eigenvalue weighted by Crippen LogP contribution is 2.39. The Hall–Kier alpha value is -5.53.